The van der Waals surface area contributed by atoms with Gasteiger partial charge in [-0.25, -0.2) is 19.3 Å². The highest BCUT2D eigenvalue weighted by Gasteiger charge is 2.27. The number of piperidine rings is 1. The lowest BCUT2D eigenvalue weighted by molar-refractivity contribution is 0.173. The number of fused-ring (bicyclic) bond motifs is 2. The smallest absolute Gasteiger partial charge is 0.141 e. The first-order chi connectivity index (χ1) is 16.7. The van der Waals surface area contributed by atoms with Crippen molar-refractivity contribution in [3.05, 3.63) is 54.6 Å². The Hall–Kier alpha value is -3.63. The van der Waals surface area contributed by atoms with Crippen LogP contribution in [-0.4, -0.2) is 51.1 Å². The van der Waals surface area contributed by atoms with Gasteiger partial charge in [-0.05, 0) is 37.2 Å². The zero-order valence-electron chi connectivity index (χ0n) is 18.4. The molecule has 1 unspecified atom stereocenters. The number of ether oxygens (including phenoxy) is 1. The fourth-order valence-electron chi connectivity index (χ4n) is 4.41. The fourth-order valence-corrected chi connectivity index (χ4v) is 5.13. The molecule has 34 heavy (non-hydrogen) atoms. The highest BCUT2D eigenvalue weighted by Crippen LogP contribution is 2.37. The zero-order chi connectivity index (χ0) is 23.1. The molecule has 4 heterocycles. The molecule has 3 aromatic heterocycles. The molecule has 0 aliphatic carbocycles. The number of rotatable bonds is 5. The van der Waals surface area contributed by atoms with Crippen molar-refractivity contribution in [1.82, 2.24) is 30.0 Å². The number of hydrogen-bond donors (Lipinski definition) is 2. The van der Waals surface area contributed by atoms with Crippen molar-refractivity contribution in [3.8, 4) is 16.9 Å². The van der Waals surface area contributed by atoms with Gasteiger partial charge in [-0.1, -0.05) is 0 Å². The van der Waals surface area contributed by atoms with E-state index in [0.717, 1.165) is 44.5 Å². The van der Waals surface area contributed by atoms with E-state index in [1.165, 1.54) is 6.33 Å². The number of nitrogens with zero attached hydrogens (tertiary/aromatic N) is 5. The Kier molecular flexibility index (Phi) is 5.31. The van der Waals surface area contributed by atoms with E-state index in [1.54, 1.807) is 29.3 Å². The number of anilines is 2. The van der Waals surface area contributed by atoms with Gasteiger partial charge in [0.1, 0.15) is 24.1 Å². The van der Waals surface area contributed by atoms with Crippen molar-refractivity contribution in [3.63, 3.8) is 0 Å². The van der Waals surface area contributed by atoms with Crippen LogP contribution in [0.2, 0.25) is 0 Å². The summed E-state index contributed by atoms with van der Waals surface area (Å²) in [4.78, 5) is 13.3. The van der Waals surface area contributed by atoms with Crippen LogP contribution in [0.3, 0.4) is 0 Å². The Bertz CT molecular complexity index is 1480. The lowest BCUT2D eigenvalue weighted by Crippen LogP contribution is -2.39. The number of hydrogen-bond acceptors (Lipinski definition) is 8. The summed E-state index contributed by atoms with van der Waals surface area (Å²) in [7, 11) is 1.63. The molecule has 0 spiro atoms. The Balaban J connectivity index is 1.40. The van der Waals surface area contributed by atoms with Crippen molar-refractivity contribution < 1.29 is 9.13 Å². The number of thiazole rings is 1. The third-order valence-electron chi connectivity index (χ3n) is 6.18. The largest absolute Gasteiger partial charge is 0.496 e. The molecular weight excluding hydrogens is 453 g/mol. The Morgan fingerprint density at radius 3 is 3.00 bits per heavy atom. The quantitative estimate of drug-likeness (QED) is 0.380. The van der Waals surface area contributed by atoms with E-state index in [4.69, 9.17) is 4.74 Å². The molecule has 2 atom stereocenters. The van der Waals surface area contributed by atoms with Gasteiger partial charge in [-0.2, -0.15) is 5.10 Å². The van der Waals surface area contributed by atoms with E-state index in [-0.39, 0.29) is 6.04 Å². The summed E-state index contributed by atoms with van der Waals surface area (Å²) in [6.07, 6.45) is 4.91. The minimum Gasteiger partial charge on any atom is -0.496 e. The molecule has 6 rings (SSSR count). The van der Waals surface area contributed by atoms with Crippen LogP contribution in [-0.2, 0) is 0 Å². The second kappa shape index (κ2) is 8.62. The van der Waals surface area contributed by atoms with Crippen LogP contribution in [0.25, 0.3) is 32.2 Å². The summed E-state index contributed by atoms with van der Waals surface area (Å²) in [5.74, 6) is 1.36. The molecule has 0 radical (unpaired) electrons. The highest BCUT2D eigenvalue weighted by atomic mass is 32.1. The van der Waals surface area contributed by atoms with Gasteiger partial charge in [-0.3, -0.25) is 4.68 Å². The summed E-state index contributed by atoms with van der Waals surface area (Å²) in [6, 6.07) is 9.64. The first-order valence-electron chi connectivity index (χ1n) is 11.0. The number of halogens is 1. The number of methoxy groups -OCH3 is 1. The van der Waals surface area contributed by atoms with Crippen LogP contribution in [0, 0.1) is 0 Å². The lowest BCUT2D eigenvalue weighted by Gasteiger charge is -2.26. The van der Waals surface area contributed by atoms with Gasteiger partial charge in [0, 0.05) is 41.0 Å². The summed E-state index contributed by atoms with van der Waals surface area (Å²) >= 11 is 1.59. The maximum atomic E-state index is 14.5. The lowest BCUT2D eigenvalue weighted by atomic mass is 10.0. The number of alkyl halides is 1. The molecule has 5 aromatic rings. The Labute approximate surface area is 198 Å². The molecule has 8 nitrogen and oxygen atoms in total. The van der Waals surface area contributed by atoms with Gasteiger partial charge in [0.15, 0.2) is 0 Å². The molecule has 0 saturated carbocycles. The highest BCUT2D eigenvalue weighted by molar-refractivity contribution is 7.16. The van der Waals surface area contributed by atoms with Gasteiger partial charge in [0.2, 0.25) is 0 Å². The first-order valence-corrected chi connectivity index (χ1v) is 11.9. The molecule has 1 saturated heterocycles. The topological polar surface area (TPSA) is 89.8 Å². The van der Waals surface area contributed by atoms with E-state index < -0.39 is 6.17 Å². The first kappa shape index (κ1) is 20.9. The zero-order valence-corrected chi connectivity index (χ0v) is 19.2. The van der Waals surface area contributed by atoms with Crippen LogP contribution in [0.15, 0.2) is 54.6 Å². The number of nitrogens with one attached hydrogen (secondary N) is 2. The average Bonchev–Trinajstić information content (AvgIpc) is 3.53. The maximum Gasteiger partial charge on any atom is 0.141 e. The molecular formula is C24H22FN7OS. The predicted octanol–water partition coefficient (Wildman–Crippen LogP) is 4.73. The molecule has 0 bridgehead atoms. The number of aromatic nitrogens is 5. The molecule has 2 aromatic carbocycles. The van der Waals surface area contributed by atoms with E-state index in [9.17, 15) is 4.39 Å². The Morgan fingerprint density at radius 2 is 2.12 bits per heavy atom. The Morgan fingerprint density at radius 1 is 1.18 bits per heavy atom. The molecule has 172 valence electrons. The van der Waals surface area contributed by atoms with Crippen molar-refractivity contribution in [2.45, 2.75) is 18.6 Å². The van der Waals surface area contributed by atoms with Gasteiger partial charge in [0.05, 0.1) is 40.6 Å². The van der Waals surface area contributed by atoms with Gasteiger partial charge >= 0.3 is 0 Å². The van der Waals surface area contributed by atoms with Gasteiger partial charge in [0.25, 0.3) is 0 Å². The summed E-state index contributed by atoms with van der Waals surface area (Å²) in [5, 5.41) is 11.8. The van der Waals surface area contributed by atoms with Crippen LogP contribution in [0.5, 0.6) is 5.75 Å². The van der Waals surface area contributed by atoms with Crippen molar-refractivity contribution in [1.29, 1.82) is 0 Å². The third-order valence-corrected chi connectivity index (χ3v) is 6.97. The van der Waals surface area contributed by atoms with E-state index in [1.807, 2.05) is 36.0 Å². The molecule has 10 heteroatoms. The van der Waals surface area contributed by atoms with E-state index in [0.29, 0.717) is 24.5 Å². The van der Waals surface area contributed by atoms with E-state index in [2.05, 4.69) is 36.8 Å². The monoisotopic (exact) mass is 475 g/mol. The van der Waals surface area contributed by atoms with Crippen LogP contribution < -0.4 is 15.4 Å². The minimum atomic E-state index is -0.972. The SMILES string of the molecule is COc1cc2ncnc(Nc3ccc4ncsc4c3)c2cc1-c1cnn(C2CCNC[C@@H]2F)c1. The standard InChI is InChI=1S/C24H22FN7OS/c1-33-22-8-20-17(7-16(22)14-9-30-32(11-14)21-4-5-26-10-18(21)25)24(28-12-27-20)31-15-2-3-19-23(6-15)34-13-29-19/h2-3,6-9,11-13,18,21,26H,4-5,10H2,1H3,(H,27,28,31)/t18-,21?/m0/s1. The molecule has 1 aliphatic heterocycles. The van der Waals surface area contributed by atoms with Crippen LogP contribution in [0.1, 0.15) is 12.5 Å². The minimum absolute atomic E-state index is 0.274. The van der Waals surface area contributed by atoms with Gasteiger partial charge in [-0.15, -0.1) is 11.3 Å². The second-order valence-corrected chi connectivity index (χ2v) is 9.12. The predicted molar refractivity (Wildman–Crippen MR) is 132 cm³/mol. The van der Waals surface area contributed by atoms with Crippen molar-refractivity contribution in [2.75, 3.05) is 25.5 Å². The normalized spacial score (nSPS) is 18.4. The van der Waals surface area contributed by atoms with Crippen molar-refractivity contribution in [2.24, 2.45) is 0 Å². The fraction of sp³-hybridized carbons (Fsp3) is 0.250. The van der Waals surface area contributed by atoms with Gasteiger partial charge < -0.3 is 15.4 Å². The average molecular weight is 476 g/mol. The molecule has 1 aliphatic rings. The van der Waals surface area contributed by atoms with Crippen molar-refractivity contribution >= 4 is 44.0 Å². The third kappa shape index (κ3) is 3.74. The summed E-state index contributed by atoms with van der Waals surface area (Å²) in [6.45, 7) is 1.12. The van der Waals surface area contributed by atoms with Crippen LogP contribution in [0.4, 0.5) is 15.9 Å². The molecule has 1 fully saturated rings. The maximum absolute atomic E-state index is 14.5. The van der Waals surface area contributed by atoms with E-state index >= 15 is 0 Å². The summed E-state index contributed by atoms with van der Waals surface area (Å²) in [5.41, 5.74) is 6.18. The second-order valence-electron chi connectivity index (χ2n) is 8.24. The van der Waals surface area contributed by atoms with Crippen LogP contribution >= 0.6 is 11.3 Å². The summed E-state index contributed by atoms with van der Waals surface area (Å²) < 4.78 is 23.0. The number of benzene rings is 2. The molecule has 2 N–H and O–H groups in total. The molecule has 0 amide bonds.